The Bertz CT molecular complexity index is 263. The first-order valence-corrected chi connectivity index (χ1v) is 5.42. The lowest BCUT2D eigenvalue weighted by molar-refractivity contribution is 0.241. The summed E-state index contributed by atoms with van der Waals surface area (Å²) >= 11 is 0. The van der Waals surface area contributed by atoms with Crippen LogP contribution >= 0.6 is 8.25 Å². The van der Waals surface area contributed by atoms with Crippen LogP contribution in [0.3, 0.4) is 0 Å². The molecule has 0 fully saturated rings. The van der Waals surface area contributed by atoms with E-state index in [9.17, 15) is 4.57 Å². The number of hydrogen-bond donors (Lipinski definition) is 0. The first-order chi connectivity index (χ1) is 6.44. The van der Waals surface area contributed by atoms with E-state index >= 15 is 0 Å². The molecule has 0 N–H and O–H groups in total. The molecule has 0 aromatic heterocycles. The van der Waals surface area contributed by atoms with Gasteiger partial charge in [0.2, 0.25) is 0 Å². The SMILES string of the molecule is C#CC(C)(C)C(=C)CO[P+](=O)OCC. The molecule has 0 saturated heterocycles. The van der Waals surface area contributed by atoms with Crippen LogP contribution in [0.2, 0.25) is 0 Å². The van der Waals surface area contributed by atoms with Crippen molar-refractivity contribution in [3.05, 3.63) is 12.2 Å². The molecule has 0 aromatic carbocycles. The van der Waals surface area contributed by atoms with Gasteiger partial charge < -0.3 is 0 Å². The van der Waals surface area contributed by atoms with Gasteiger partial charge in [-0.25, -0.2) is 0 Å². The van der Waals surface area contributed by atoms with E-state index in [2.05, 4.69) is 12.5 Å². The summed E-state index contributed by atoms with van der Waals surface area (Å²) in [6, 6.07) is 0. The van der Waals surface area contributed by atoms with E-state index in [4.69, 9.17) is 15.5 Å². The first-order valence-electron chi connectivity index (χ1n) is 4.33. The molecule has 3 nitrogen and oxygen atoms in total. The van der Waals surface area contributed by atoms with Gasteiger partial charge in [0.05, 0.1) is 0 Å². The van der Waals surface area contributed by atoms with Gasteiger partial charge in [-0.15, -0.1) is 15.5 Å². The Hall–Kier alpha value is -0.680. The van der Waals surface area contributed by atoms with Crippen molar-refractivity contribution in [1.82, 2.24) is 0 Å². The van der Waals surface area contributed by atoms with Gasteiger partial charge in [-0.3, -0.25) is 0 Å². The Balaban J connectivity index is 3.99. The minimum absolute atomic E-state index is 0.159. The molecule has 0 saturated carbocycles. The van der Waals surface area contributed by atoms with Crippen molar-refractivity contribution in [1.29, 1.82) is 0 Å². The van der Waals surface area contributed by atoms with Crippen LogP contribution in [-0.2, 0) is 13.6 Å². The summed E-state index contributed by atoms with van der Waals surface area (Å²) in [6.45, 7) is 9.75. The number of rotatable bonds is 6. The molecule has 0 aliphatic rings. The predicted molar refractivity (Wildman–Crippen MR) is 56.9 cm³/mol. The van der Waals surface area contributed by atoms with E-state index in [0.29, 0.717) is 12.2 Å². The van der Waals surface area contributed by atoms with Gasteiger partial charge in [0, 0.05) is 9.98 Å². The molecule has 0 bridgehead atoms. The van der Waals surface area contributed by atoms with Crippen molar-refractivity contribution in [2.75, 3.05) is 13.2 Å². The topological polar surface area (TPSA) is 35.5 Å². The number of hydrogen-bond acceptors (Lipinski definition) is 3. The average molecular weight is 215 g/mol. The molecule has 0 aromatic rings. The fourth-order valence-corrected chi connectivity index (χ4v) is 1.10. The first kappa shape index (κ1) is 13.3. The smallest absolute Gasteiger partial charge is 0.119 e. The highest BCUT2D eigenvalue weighted by Gasteiger charge is 2.25. The van der Waals surface area contributed by atoms with Crippen LogP contribution in [0.4, 0.5) is 0 Å². The third-order valence-electron chi connectivity index (χ3n) is 1.82. The van der Waals surface area contributed by atoms with E-state index in [1.165, 1.54) is 0 Å². The fourth-order valence-electron chi connectivity index (χ4n) is 0.556. The van der Waals surface area contributed by atoms with Crippen LogP contribution in [-0.4, -0.2) is 13.2 Å². The zero-order valence-electron chi connectivity index (χ0n) is 8.87. The minimum Gasteiger partial charge on any atom is -0.119 e. The second-order valence-electron chi connectivity index (χ2n) is 3.29. The molecule has 1 unspecified atom stereocenters. The van der Waals surface area contributed by atoms with Gasteiger partial charge in [-0.1, -0.05) is 12.5 Å². The molecule has 0 aliphatic heterocycles. The normalized spacial score (nSPS) is 12.0. The number of terminal acetylenes is 1. The molecule has 4 heteroatoms. The molecule has 0 aliphatic carbocycles. The average Bonchev–Trinajstić information content (AvgIpc) is 2.14. The van der Waals surface area contributed by atoms with Crippen LogP contribution in [0.25, 0.3) is 0 Å². The summed E-state index contributed by atoms with van der Waals surface area (Å²) in [7, 11) is -2.04. The summed E-state index contributed by atoms with van der Waals surface area (Å²) in [5.41, 5.74) is 0.269. The molecule has 0 radical (unpaired) electrons. The molecule has 0 amide bonds. The Kier molecular flexibility index (Phi) is 5.64. The van der Waals surface area contributed by atoms with Crippen molar-refractivity contribution in [3.8, 4) is 12.3 Å². The maximum absolute atomic E-state index is 11.0. The van der Waals surface area contributed by atoms with Crippen molar-refractivity contribution >= 4 is 8.25 Å². The maximum atomic E-state index is 11.0. The van der Waals surface area contributed by atoms with Crippen LogP contribution in [0, 0.1) is 17.8 Å². The molecule has 1 atom stereocenters. The molecule has 14 heavy (non-hydrogen) atoms. The van der Waals surface area contributed by atoms with E-state index in [1.807, 2.05) is 13.8 Å². The van der Waals surface area contributed by atoms with Gasteiger partial charge in [0.1, 0.15) is 13.2 Å². The van der Waals surface area contributed by atoms with Gasteiger partial charge in [0.15, 0.2) is 0 Å². The van der Waals surface area contributed by atoms with Crippen LogP contribution < -0.4 is 0 Å². The highest BCUT2D eigenvalue weighted by atomic mass is 31.1. The predicted octanol–water partition coefficient (Wildman–Crippen LogP) is 2.91. The summed E-state index contributed by atoms with van der Waals surface area (Å²) < 4.78 is 20.6. The third-order valence-corrected chi connectivity index (χ3v) is 2.63. The highest BCUT2D eigenvalue weighted by Crippen LogP contribution is 2.29. The Morgan fingerprint density at radius 3 is 2.57 bits per heavy atom. The minimum atomic E-state index is -2.04. The lowest BCUT2D eigenvalue weighted by Gasteiger charge is -2.18. The zero-order valence-corrected chi connectivity index (χ0v) is 9.77. The third kappa shape index (κ3) is 4.53. The Morgan fingerprint density at radius 1 is 1.57 bits per heavy atom. The molecule has 0 spiro atoms. The van der Waals surface area contributed by atoms with E-state index in [-0.39, 0.29) is 6.61 Å². The molecule has 78 valence electrons. The van der Waals surface area contributed by atoms with Gasteiger partial charge >= 0.3 is 8.25 Å². The zero-order chi connectivity index (χ0) is 11.2. The second kappa shape index (κ2) is 5.93. The largest absolute Gasteiger partial charge is 0.697 e. The van der Waals surface area contributed by atoms with E-state index in [0.717, 1.165) is 0 Å². The van der Waals surface area contributed by atoms with Gasteiger partial charge in [0.25, 0.3) is 0 Å². The van der Waals surface area contributed by atoms with Crippen LogP contribution in [0.15, 0.2) is 12.2 Å². The van der Waals surface area contributed by atoms with Gasteiger partial charge in [-0.05, 0) is 26.3 Å². The van der Waals surface area contributed by atoms with Crippen LogP contribution in [0.5, 0.6) is 0 Å². The maximum Gasteiger partial charge on any atom is 0.697 e. The fraction of sp³-hybridized carbons (Fsp3) is 0.600. The lowest BCUT2D eigenvalue weighted by atomic mass is 9.87. The molecular weight excluding hydrogens is 199 g/mol. The second-order valence-corrected chi connectivity index (χ2v) is 4.25. The quantitative estimate of drug-likeness (QED) is 0.388. The van der Waals surface area contributed by atoms with Crippen LogP contribution in [0.1, 0.15) is 20.8 Å². The molecular formula is C10H16O3P+. The molecule has 0 heterocycles. The van der Waals surface area contributed by atoms with E-state index in [1.54, 1.807) is 6.92 Å². The summed E-state index contributed by atoms with van der Waals surface area (Å²) in [5, 5.41) is 0. The van der Waals surface area contributed by atoms with Crippen molar-refractivity contribution in [2.45, 2.75) is 20.8 Å². The summed E-state index contributed by atoms with van der Waals surface area (Å²) in [4.78, 5) is 0. The summed E-state index contributed by atoms with van der Waals surface area (Å²) in [5.74, 6) is 2.58. The lowest BCUT2D eigenvalue weighted by Crippen LogP contribution is -2.14. The van der Waals surface area contributed by atoms with Crippen molar-refractivity contribution in [3.63, 3.8) is 0 Å². The van der Waals surface area contributed by atoms with Gasteiger partial charge in [-0.2, -0.15) is 0 Å². The van der Waals surface area contributed by atoms with Crippen molar-refractivity contribution in [2.24, 2.45) is 5.41 Å². The highest BCUT2D eigenvalue weighted by molar-refractivity contribution is 7.33. The molecule has 0 rings (SSSR count). The standard InChI is InChI=1S/C10H16O3P/c1-6-10(4,5)9(3)8-13-14(11)12-7-2/h1H,3,7-8H2,2,4-5H3/q+1. The monoisotopic (exact) mass is 215 g/mol. The summed E-state index contributed by atoms with van der Waals surface area (Å²) in [6.07, 6.45) is 5.30. The van der Waals surface area contributed by atoms with Crippen molar-refractivity contribution < 1.29 is 13.6 Å². The van der Waals surface area contributed by atoms with E-state index < -0.39 is 13.7 Å². The Morgan fingerprint density at radius 2 is 2.14 bits per heavy atom. The Labute approximate surface area is 86.4 Å².